The molecule has 2 heterocycles. The minimum Gasteiger partial charge on any atom is -0.465 e. The molecule has 0 aliphatic heterocycles. The van der Waals surface area contributed by atoms with Crippen molar-refractivity contribution in [2.75, 3.05) is 7.11 Å². The molecule has 0 aliphatic carbocycles. The van der Waals surface area contributed by atoms with Gasteiger partial charge in [0.05, 0.1) is 29.5 Å². The number of amides is 1. The fraction of sp³-hybridized carbons (Fsp3) is 0.0526. The molecule has 8 heteroatoms. The highest BCUT2D eigenvalue weighted by molar-refractivity contribution is 6.33. The van der Waals surface area contributed by atoms with Gasteiger partial charge in [-0.25, -0.2) is 10.2 Å². The van der Waals surface area contributed by atoms with Crippen molar-refractivity contribution in [3.8, 4) is 11.3 Å². The molecular formula is C19H14ClN3O4. The number of methoxy groups -OCH3 is 1. The summed E-state index contributed by atoms with van der Waals surface area (Å²) < 4.78 is 10.4. The molecule has 1 aromatic carbocycles. The Hall–Kier alpha value is -3.45. The Morgan fingerprint density at radius 3 is 2.85 bits per heavy atom. The van der Waals surface area contributed by atoms with Crippen molar-refractivity contribution in [3.05, 3.63) is 76.8 Å². The number of carbonyl (C=O) groups is 2. The summed E-state index contributed by atoms with van der Waals surface area (Å²) in [5, 5.41) is 4.15. The molecule has 0 unspecified atom stereocenters. The van der Waals surface area contributed by atoms with E-state index >= 15 is 0 Å². The van der Waals surface area contributed by atoms with Crippen LogP contribution in [0, 0.1) is 0 Å². The smallest absolute Gasteiger partial charge is 0.339 e. The van der Waals surface area contributed by atoms with Crippen LogP contribution in [-0.2, 0) is 4.74 Å². The van der Waals surface area contributed by atoms with Crippen LogP contribution < -0.4 is 5.43 Å². The van der Waals surface area contributed by atoms with Crippen molar-refractivity contribution in [2.24, 2.45) is 5.10 Å². The van der Waals surface area contributed by atoms with E-state index in [4.69, 9.17) is 20.8 Å². The van der Waals surface area contributed by atoms with Crippen molar-refractivity contribution in [3.63, 3.8) is 0 Å². The Morgan fingerprint density at radius 2 is 2.11 bits per heavy atom. The van der Waals surface area contributed by atoms with Crippen LogP contribution in [0.1, 0.15) is 26.5 Å². The van der Waals surface area contributed by atoms with E-state index in [2.05, 4.69) is 15.5 Å². The maximum atomic E-state index is 11.9. The lowest BCUT2D eigenvalue weighted by atomic mass is 10.1. The zero-order chi connectivity index (χ0) is 19.2. The van der Waals surface area contributed by atoms with Crippen LogP contribution in [0.4, 0.5) is 0 Å². The highest BCUT2D eigenvalue weighted by Gasteiger charge is 2.13. The van der Waals surface area contributed by atoms with Gasteiger partial charge in [0.1, 0.15) is 11.5 Å². The van der Waals surface area contributed by atoms with E-state index in [0.29, 0.717) is 22.6 Å². The molecule has 1 N–H and O–H groups in total. The number of rotatable bonds is 5. The van der Waals surface area contributed by atoms with Gasteiger partial charge >= 0.3 is 5.97 Å². The van der Waals surface area contributed by atoms with E-state index in [9.17, 15) is 9.59 Å². The van der Waals surface area contributed by atoms with Gasteiger partial charge in [-0.1, -0.05) is 11.6 Å². The van der Waals surface area contributed by atoms with E-state index in [1.54, 1.807) is 48.7 Å². The van der Waals surface area contributed by atoms with Gasteiger partial charge in [-0.15, -0.1) is 0 Å². The van der Waals surface area contributed by atoms with Gasteiger partial charge < -0.3 is 9.15 Å². The van der Waals surface area contributed by atoms with Gasteiger partial charge in [-0.3, -0.25) is 9.78 Å². The second-order valence-electron chi connectivity index (χ2n) is 5.33. The Kier molecular flexibility index (Phi) is 5.63. The molecule has 1 amide bonds. The number of nitrogens with zero attached hydrogens (tertiary/aromatic N) is 2. The molecule has 0 aliphatic rings. The lowest BCUT2D eigenvalue weighted by Gasteiger charge is -2.04. The van der Waals surface area contributed by atoms with Crippen molar-refractivity contribution in [1.82, 2.24) is 10.4 Å². The van der Waals surface area contributed by atoms with E-state index in [1.165, 1.54) is 19.5 Å². The molecule has 0 atom stereocenters. The summed E-state index contributed by atoms with van der Waals surface area (Å²) in [7, 11) is 1.28. The maximum Gasteiger partial charge on any atom is 0.339 e. The SMILES string of the molecule is COC(=O)c1cc(-c2ccc(/C=N\NC(=O)c3cccnc3)o2)ccc1Cl. The molecule has 7 nitrogen and oxygen atoms in total. The number of halogens is 1. The summed E-state index contributed by atoms with van der Waals surface area (Å²) in [5.74, 6) is 0.0165. The molecule has 0 spiro atoms. The van der Waals surface area contributed by atoms with Gasteiger partial charge in [-0.05, 0) is 42.5 Å². The third kappa shape index (κ3) is 4.39. The highest BCUT2D eigenvalue weighted by atomic mass is 35.5. The molecular weight excluding hydrogens is 370 g/mol. The van der Waals surface area contributed by atoms with Gasteiger partial charge in [-0.2, -0.15) is 5.10 Å². The minimum atomic E-state index is -0.534. The molecule has 136 valence electrons. The zero-order valence-corrected chi connectivity index (χ0v) is 14.9. The molecule has 0 radical (unpaired) electrons. The first-order valence-electron chi connectivity index (χ1n) is 7.80. The maximum absolute atomic E-state index is 11.9. The Labute approximate surface area is 159 Å². The van der Waals surface area contributed by atoms with Crippen molar-refractivity contribution in [1.29, 1.82) is 0 Å². The molecule has 2 aromatic heterocycles. The molecule has 27 heavy (non-hydrogen) atoms. The van der Waals surface area contributed by atoms with Crippen molar-refractivity contribution < 1.29 is 18.7 Å². The number of pyridine rings is 1. The lowest BCUT2D eigenvalue weighted by molar-refractivity contribution is 0.0601. The molecule has 3 rings (SSSR count). The topological polar surface area (TPSA) is 93.8 Å². The van der Waals surface area contributed by atoms with E-state index in [0.717, 1.165) is 0 Å². The second kappa shape index (κ2) is 8.29. The minimum absolute atomic E-state index is 0.243. The second-order valence-corrected chi connectivity index (χ2v) is 5.74. The Balaban J connectivity index is 1.72. The van der Waals surface area contributed by atoms with Gasteiger partial charge in [0.25, 0.3) is 5.91 Å². The first kappa shape index (κ1) is 18.3. The van der Waals surface area contributed by atoms with Crippen LogP contribution >= 0.6 is 11.6 Å². The predicted molar refractivity (Wildman–Crippen MR) is 99.8 cm³/mol. The third-order valence-electron chi connectivity index (χ3n) is 3.56. The summed E-state index contributed by atoms with van der Waals surface area (Å²) in [4.78, 5) is 27.5. The Bertz CT molecular complexity index is 999. The normalized spacial score (nSPS) is 10.7. The summed E-state index contributed by atoms with van der Waals surface area (Å²) >= 11 is 6.01. The number of nitrogens with one attached hydrogen (secondary N) is 1. The highest BCUT2D eigenvalue weighted by Crippen LogP contribution is 2.27. The van der Waals surface area contributed by atoms with Crippen molar-refractivity contribution in [2.45, 2.75) is 0 Å². The lowest BCUT2D eigenvalue weighted by Crippen LogP contribution is -2.17. The van der Waals surface area contributed by atoms with Gasteiger partial charge in [0, 0.05) is 18.0 Å². The number of benzene rings is 1. The number of hydrazone groups is 1. The number of aromatic nitrogens is 1. The van der Waals surface area contributed by atoms with Crippen LogP contribution in [0.15, 0.2) is 64.4 Å². The third-order valence-corrected chi connectivity index (χ3v) is 3.89. The molecule has 0 saturated heterocycles. The molecule has 0 bridgehead atoms. The van der Waals surface area contributed by atoms with Crippen LogP contribution in [0.25, 0.3) is 11.3 Å². The summed E-state index contributed by atoms with van der Waals surface area (Å²) in [6.07, 6.45) is 4.39. The number of esters is 1. The molecule has 0 fully saturated rings. The summed E-state index contributed by atoms with van der Waals surface area (Å²) in [6, 6.07) is 11.6. The van der Waals surface area contributed by atoms with E-state index < -0.39 is 5.97 Å². The number of furan rings is 1. The first-order valence-corrected chi connectivity index (χ1v) is 8.18. The average molecular weight is 384 g/mol. The van der Waals surface area contributed by atoms with Crippen LogP contribution in [-0.4, -0.2) is 30.2 Å². The molecule has 0 saturated carbocycles. The number of carbonyl (C=O) groups excluding carboxylic acids is 2. The number of hydrogen-bond acceptors (Lipinski definition) is 6. The van der Waals surface area contributed by atoms with E-state index in [1.807, 2.05) is 0 Å². The standard InChI is InChI=1S/C19H14ClN3O4/c1-26-19(25)15-9-12(4-6-16(15)20)17-7-5-14(27-17)11-22-23-18(24)13-3-2-8-21-10-13/h2-11H,1H3,(H,23,24)/b22-11-. The Morgan fingerprint density at radius 1 is 1.26 bits per heavy atom. The van der Waals surface area contributed by atoms with E-state index in [-0.39, 0.29) is 16.5 Å². The van der Waals surface area contributed by atoms with Crippen molar-refractivity contribution >= 4 is 29.7 Å². The van der Waals surface area contributed by atoms with Crippen LogP contribution in [0.3, 0.4) is 0 Å². The van der Waals surface area contributed by atoms with Gasteiger partial charge in [0.15, 0.2) is 0 Å². The number of hydrogen-bond donors (Lipinski definition) is 1. The average Bonchev–Trinajstić information content (AvgIpc) is 3.17. The summed E-state index contributed by atoms with van der Waals surface area (Å²) in [6.45, 7) is 0. The summed E-state index contributed by atoms with van der Waals surface area (Å²) in [5.41, 5.74) is 3.68. The monoisotopic (exact) mass is 383 g/mol. The fourth-order valence-corrected chi connectivity index (χ4v) is 2.43. The van der Waals surface area contributed by atoms with Gasteiger partial charge in [0.2, 0.25) is 0 Å². The zero-order valence-electron chi connectivity index (χ0n) is 14.2. The van der Waals surface area contributed by atoms with Crippen LogP contribution in [0.5, 0.6) is 0 Å². The quantitative estimate of drug-likeness (QED) is 0.413. The molecule has 3 aromatic rings. The van der Waals surface area contributed by atoms with Crippen LogP contribution in [0.2, 0.25) is 5.02 Å². The fourth-order valence-electron chi connectivity index (χ4n) is 2.24. The largest absolute Gasteiger partial charge is 0.465 e. The predicted octanol–water partition coefficient (Wildman–Crippen LogP) is 3.55. The number of ether oxygens (including phenoxy) is 1. The first-order chi connectivity index (χ1) is 13.1.